The number of piperidine rings is 3. The summed E-state index contributed by atoms with van der Waals surface area (Å²) in [5.74, 6) is 1.82. The Morgan fingerprint density at radius 2 is 1.77 bits per heavy atom. The number of hydrogen-bond acceptors (Lipinski definition) is 5. The van der Waals surface area contributed by atoms with Crippen molar-refractivity contribution in [3.8, 4) is 0 Å². The van der Waals surface area contributed by atoms with E-state index in [0.29, 0.717) is 12.0 Å². The van der Waals surface area contributed by atoms with Crippen molar-refractivity contribution in [1.29, 1.82) is 0 Å². The maximum atomic E-state index is 12.7. The van der Waals surface area contributed by atoms with Crippen molar-refractivity contribution >= 4 is 11.9 Å². The van der Waals surface area contributed by atoms with E-state index in [2.05, 4.69) is 25.1 Å². The first kappa shape index (κ1) is 17.7. The molecule has 0 aromatic carbocycles. The SMILES string of the molecule is O=C(NC[C@@H]1CCCN2CCCC[C@@H]12)C1CCN(c2ncccn2)CC1. The predicted molar refractivity (Wildman–Crippen MR) is 102 cm³/mol. The third-order valence-electron chi connectivity index (χ3n) is 6.47. The molecule has 0 saturated carbocycles. The number of hydrogen-bond donors (Lipinski definition) is 1. The molecule has 0 radical (unpaired) electrons. The highest BCUT2D eigenvalue weighted by atomic mass is 16.1. The minimum absolute atomic E-state index is 0.140. The number of nitrogens with zero attached hydrogens (tertiary/aromatic N) is 4. The molecule has 3 saturated heterocycles. The van der Waals surface area contributed by atoms with Crippen LogP contribution in [0.3, 0.4) is 0 Å². The van der Waals surface area contributed by atoms with E-state index >= 15 is 0 Å². The van der Waals surface area contributed by atoms with Crippen LogP contribution < -0.4 is 10.2 Å². The van der Waals surface area contributed by atoms with Crippen LogP contribution >= 0.6 is 0 Å². The second-order valence-corrected chi connectivity index (χ2v) is 8.06. The van der Waals surface area contributed by atoms with Crippen molar-refractivity contribution < 1.29 is 4.79 Å². The summed E-state index contributed by atoms with van der Waals surface area (Å²) in [6, 6.07) is 2.54. The summed E-state index contributed by atoms with van der Waals surface area (Å²) in [4.78, 5) is 26.2. The van der Waals surface area contributed by atoms with Crippen LogP contribution in [-0.4, -0.2) is 59.5 Å². The largest absolute Gasteiger partial charge is 0.356 e. The third-order valence-corrected chi connectivity index (χ3v) is 6.47. The molecule has 6 heteroatoms. The molecule has 1 aromatic heterocycles. The van der Waals surface area contributed by atoms with Gasteiger partial charge in [0.15, 0.2) is 0 Å². The normalized spacial score (nSPS) is 27.8. The Kier molecular flexibility index (Phi) is 5.68. The molecule has 0 unspecified atom stereocenters. The Hall–Kier alpha value is -1.69. The molecule has 0 spiro atoms. The molecule has 6 nitrogen and oxygen atoms in total. The van der Waals surface area contributed by atoms with Gasteiger partial charge in [-0.1, -0.05) is 6.42 Å². The summed E-state index contributed by atoms with van der Waals surface area (Å²) in [5.41, 5.74) is 0. The van der Waals surface area contributed by atoms with Gasteiger partial charge in [-0.25, -0.2) is 9.97 Å². The Bertz CT molecular complexity index is 585. The summed E-state index contributed by atoms with van der Waals surface area (Å²) >= 11 is 0. The number of amides is 1. The summed E-state index contributed by atoms with van der Waals surface area (Å²) < 4.78 is 0. The topological polar surface area (TPSA) is 61.4 Å². The lowest BCUT2D eigenvalue weighted by molar-refractivity contribution is -0.126. The molecule has 26 heavy (non-hydrogen) atoms. The highest BCUT2D eigenvalue weighted by molar-refractivity contribution is 5.78. The standard InChI is InChI=1S/C20H31N5O/c26-19(16-7-13-25(14-8-16)20-21-9-4-10-22-20)23-15-17-5-3-12-24-11-2-1-6-18(17)24/h4,9-10,16-18H,1-3,5-8,11-15H2,(H,23,26)/t17-,18-/m0/s1. The zero-order chi connectivity index (χ0) is 17.8. The fourth-order valence-corrected chi connectivity index (χ4v) is 4.99. The molecule has 4 heterocycles. The lowest BCUT2D eigenvalue weighted by atomic mass is 9.83. The maximum Gasteiger partial charge on any atom is 0.225 e. The van der Waals surface area contributed by atoms with E-state index in [1.807, 2.05) is 6.07 Å². The van der Waals surface area contributed by atoms with Crippen molar-refractivity contribution in [1.82, 2.24) is 20.2 Å². The lowest BCUT2D eigenvalue weighted by Crippen LogP contribution is -2.51. The smallest absolute Gasteiger partial charge is 0.225 e. The summed E-state index contributed by atoms with van der Waals surface area (Å²) in [6.07, 6.45) is 11.9. The number of nitrogens with one attached hydrogen (secondary N) is 1. The minimum Gasteiger partial charge on any atom is -0.356 e. The molecule has 0 aliphatic carbocycles. The van der Waals surface area contributed by atoms with Gasteiger partial charge in [0.1, 0.15) is 0 Å². The van der Waals surface area contributed by atoms with E-state index < -0.39 is 0 Å². The maximum absolute atomic E-state index is 12.7. The first-order valence-corrected chi connectivity index (χ1v) is 10.3. The van der Waals surface area contributed by atoms with E-state index in [1.165, 1.54) is 45.2 Å². The molecule has 3 fully saturated rings. The highest BCUT2D eigenvalue weighted by Crippen LogP contribution is 2.30. The van der Waals surface area contributed by atoms with Gasteiger partial charge in [-0.2, -0.15) is 0 Å². The fourth-order valence-electron chi connectivity index (χ4n) is 4.99. The van der Waals surface area contributed by atoms with E-state index in [0.717, 1.165) is 38.4 Å². The zero-order valence-corrected chi connectivity index (χ0v) is 15.6. The summed E-state index contributed by atoms with van der Waals surface area (Å²) in [6.45, 7) is 5.11. The zero-order valence-electron chi connectivity index (χ0n) is 15.6. The average Bonchev–Trinajstić information content (AvgIpc) is 2.73. The number of aromatic nitrogens is 2. The van der Waals surface area contributed by atoms with Crippen LogP contribution in [0, 0.1) is 11.8 Å². The van der Waals surface area contributed by atoms with Crippen molar-refractivity contribution in [2.75, 3.05) is 37.6 Å². The van der Waals surface area contributed by atoms with Gasteiger partial charge < -0.3 is 15.1 Å². The van der Waals surface area contributed by atoms with Crippen LogP contribution in [0.5, 0.6) is 0 Å². The second-order valence-electron chi connectivity index (χ2n) is 8.06. The van der Waals surface area contributed by atoms with Gasteiger partial charge in [-0.05, 0) is 63.6 Å². The number of carbonyl (C=O) groups excluding carboxylic acids is 1. The number of carbonyl (C=O) groups is 1. The molecule has 1 amide bonds. The molecule has 3 aliphatic rings. The van der Waals surface area contributed by atoms with E-state index in [4.69, 9.17) is 0 Å². The van der Waals surface area contributed by atoms with Gasteiger partial charge in [0, 0.05) is 44.0 Å². The molecule has 1 N–H and O–H groups in total. The van der Waals surface area contributed by atoms with Crippen molar-refractivity contribution in [2.45, 2.75) is 51.0 Å². The van der Waals surface area contributed by atoms with Gasteiger partial charge >= 0.3 is 0 Å². The molecule has 142 valence electrons. The van der Waals surface area contributed by atoms with E-state index in [1.54, 1.807) is 12.4 Å². The first-order valence-electron chi connectivity index (χ1n) is 10.3. The van der Waals surface area contributed by atoms with Gasteiger partial charge in [-0.15, -0.1) is 0 Å². The highest BCUT2D eigenvalue weighted by Gasteiger charge is 2.33. The summed E-state index contributed by atoms with van der Waals surface area (Å²) in [5, 5.41) is 3.29. The van der Waals surface area contributed by atoms with E-state index in [-0.39, 0.29) is 11.8 Å². The fraction of sp³-hybridized carbons (Fsp3) is 0.750. The Labute approximate surface area is 156 Å². The van der Waals surface area contributed by atoms with Crippen LogP contribution in [0.15, 0.2) is 18.5 Å². The lowest BCUT2D eigenvalue weighted by Gasteiger charge is -2.44. The molecule has 2 atom stereocenters. The number of fused-ring (bicyclic) bond motifs is 1. The predicted octanol–water partition coefficient (Wildman–Crippen LogP) is 2.07. The number of rotatable bonds is 4. The monoisotopic (exact) mass is 357 g/mol. The minimum atomic E-state index is 0.140. The third kappa shape index (κ3) is 4.00. The van der Waals surface area contributed by atoms with Crippen LogP contribution in [0.1, 0.15) is 44.9 Å². The second kappa shape index (κ2) is 8.33. The molecular formula is C20H31N5O. The van der Waals surface area contributed by atoms with Crippen molar-refractivity contribution in [3.63, 3.8) is 0 Å². The van der Waals surface area contributed by atoms with Gasteiger partial charge in [0.25, 0.3) is 0 Å². The van der Waals surface area contributed by atoms with Crippen LogP contribution in [0.2, 0.25) is 0 Å². The van der Waals surface area contributed by atoms with Crippen LogP contribution in [0.4, 0.5) is 5.95 Å². The molecule has 0 bridgehead atoms. The molecule has 4 rings (SSSR count). The van der Waals surface area contributed by atoms with Gasteiger partial charge in [-0.3, -0.25) is 4.79 Å². The first-order chi connectivity index (χ1) is 12.8. The average molecular weight is 358 g/mol. The van der Waals surface area contributed by atoms with E-state index in [9.17, 15) is 4.79 Å². The Morgan fingerprint density at radius 1 is 1.00 bits per heavy atom. The Balaban J connectivity index is 1.24. The van der Waals surface area contributed by atoms with Crippen LogP contribution in [0.25, 0.3) is 0 Å². The quantitative estimate of drug-likeness (QED) is 0.894. The van der Waals surface area contributed by atoms with Crippen LogP contribution in [-0.2, 0) is 4.79 Å². The molecule has 3 aliphatic heterocycles. The van der Waals surface area contributed by atoms with Gasteiger partial charge in [0.2, 0.25) is 11.9 Å². The van der Waals surface area contributed by atoms with Gasteiger partial charge in [0.05, 0.1) is 0 Å². The molecule has 1 aromatic rings. The Morgan fingerprint density at radius 3 is 2.58 bits per heavy atom. The number of anilines is 1. The summed E-state index contributed by atoms with van der Waals surface area (Å²) in [7, 11) is 0. The van der Waals surface area contributed by atoms with Crippen molar-refractivity contribution in [3.05, 3.63) is 18.5 Å². The molecular weight excluding hydrogens is 326 g/mol. The van der Waals surface area contributed by atoms with Crippen molar-refractivity contribution in [2.24, 2.45) is 11.8 Å².